The number of aryl methyl sites for hydroxylation is 2. The zero-order chi connectivity index (χ0) is 15.4. The fourth-order valence-corrected chi connectivity index (χ4v) is 2.90. The fourth-order valence-electron chi connectivity index (χ4n) is 2.90. The highest BCUT2D eigenvalue weighted by atomic mass is 16.2. The average Bonchev–Trinajstić information content (AvgIpc) is 2.56. The predicted molar refractivity (Wildman–Crippen MR) is 87.8 cm³/mol. The molecule has 0 fully saturated rings. The van der Waals surface area contributed by atoms with E-state index >= 15 is 0 Å². The second-order valence-electron chi connectivity index (χ2n) is 5.63. The van der Waals surface area contributed by atoms with E-state index in [1.165, 1.54) is 5.56 Å². The van der Waals surface area contributed by atoms with Gasteiger partial charge in [-0.3, -0.25) is 9.78 Å². The third-order valence-corrected chi connectivity index (χ3v) is 4.12. The maximum atomic E-state index is 12.5. The van der Waals surface area contributed by atoms with Gasteiger partial charge in [0.05, 0.1) is 6.54 Å². The van der Waals surface area contributed by atoms with Crippen LogP contribution in [-0.2, 0) is 17.8 Å². The van der Waals surface area contributed by atoms with Crippen molar-refractivity contribution >= 4 is 11.6 Å². The Morgan fingerprint density at radius 3 is 3.00 bits per heavy atom. The Morgan fingerprint density at radius 1 is 1.27 bits per heavy atom. The van der Waals surface area contributed by atoms with Gasteiger partial charge in [-0.25, -0.2) is 0 Å². The number of carbonyl (C=O) groups is 1. The highest BCUT2D eigenvalue weighted by Crippen LogP contribution is 2.26. The van der Waals surface area contributed by atoms with Gasteiger partial charge in [-0.15, -0.1) is 0 Å². The first-order valence-corrected chi connectivity index (χ1v) is 7.75. The highest BCUT2D eigenvalue weighted by Gasteiger charge is 2.21. The average molecular weight is 295 g/mol. The number of anilines is 1. The molecule has 1 aromatic heterocycles. The summed E-state index contributed by atoms with van der Waals surface area (Å²) in [5, 5.41) is 3.24. The Hall–Kier alpha value is -2.20. The number of rotatable bonds is 4. The lowest BCUT2D eigenvalue weighted by Crippen LogP contribution is -2.41. The normalized spacial score (nSPS) is 13.8. The minimum absolute atomic E-state index is 0.133. The summed E-state index contributed by atoms with van der Waals surface area (Å²) >= 11 is 0. The van der Waals surface area contributed by atoms with Gasteiger partial charge in [-0.1, -0.05) is 24.3 Å². The second-order valence-corrected chi connectivity index (χ2v) is 5.63. The molecule has 3 rings (SSSR count). The van der Waals surface area contributed by atoms with Gasteiger partial charge in [-0.05, 0) is 43.0 Å². The molecule has 0 aliphatic carbocycles. The molecular weight excluding hydrogens is 274 g/mol. The van der Waals surface area contributed by atoms with E-state index < -0.39 is 0 Å². The standard InChI is InChI=1S/C18H21N3O/c1-14-16(7-4-10-20-14)12-19-13-18(22)21-11-5-8-15-6-2-3-9-17(15)21/h2-4,6-7,9-10,19H,5,8,11-13H2,1H3. The van der Waals surface area contributed by atoms with Gasteiger partial charge in [-0.2, -0.15) is 0 Å². The number of carbonyl (C=O) groups excluding carboxylic acids is 1. The molecule has 1 aliphatic heterocycles. The van der Waals surface area contributed by atoms with Crippen molar-refractivity contribution in [1.82, 2.24) is 10.3 Å². The van der Waals surface area contributed by atoms with Crippen LogP contribution in [0.2, 0.25) is 0 Å². The smallest absolute Gasteiger partial charge is 0.240 e. The van der Waals surface area contributed by atoms with Gasteiger partial charge < -0.3 is 10.2 Å². The third-order valence-electron chi connectivity index (χ3n) is 4.12. The lowest BCUT2D eigenvalue weighted by atomic mass is 10.0. The van der Waals surface area contributed by atoms with Crippen LogP contribution in [0.4, 0.5) is 5.69 Å². The maximum Gasteiger partial charge on any atom is 0.240 e. The zero-order valence-electron chi connectivity index (χ0n) is 12.9. The Labute approximate surface area is 131 Å². The topological polar surface area (TPSA) is 45.2 Å². The van der Waals surface area contributed by atoms with E-state index in [2.05, 4.69) is 16.4 Å². The Bertz CT molecular complexity index is 669. The molecule has 2 heterocycles. The van der Waals surface area contributed by atoms with Crippen molar-refractivity contribution in [3.8, 4) is 0 Å². The van der Waals surface area contributed by atoms with E-state index in [9.17, 15) is 4.79 Å². The molecule has 4 nitrogen and oxygen atoms in total. The molecule has 0 spiro atoms. The number of amides is 1. The second kappa shape index (κ2) is 6.71. The monoisotopic (exact) mass is 295 g/mol. The number of hydrogen-bond acceptors (Lipinski definition) is 3. The molecule has 0 unspecified atom stereocenters. The quantitative estimate of drug-likeness (QED) is 0.942. The van der Waals surface area contributed by atoms with Crippen LogP contribution < -0.4 is 10.2 Å². The van der Waals surface area contributed by atoms with Crippen molar-refractivity contribution in [2.24, 2.45) is 0 Å². The van der Waals surface area contributed by atoms with Crippen molar-refractivity contribution in [2.45, 2.75) is 26.3 Å². The molecule has 114 valence electrons. The summed E-state index contributed by atoms with van der Waals surface area (Å²) in [7, 11) is 0. The van der Waals surface area contributed by atoms with E-state index in [0.29, 0.717) is 13.1 Å². The molecule has 22 heavy (non-hydrogen) atoms. The zero-order valence-corrected chi connectivity index (χ0v) is 12.9. The third kappa shape index (κ3) is 3.17. The number of benzene rings is 1. The van der Waals surface area contributed by atoms with Gasteiger partial charge in [0.1, 0.15) is 0 Å². The Balaban J connectivity index is 1.60. The van der Waals surface area contributed by atoms with Gasteiger partial charge in [0, 0.05) is 30.7 Å². The molecule has 1 aromatic carbocycles. The number of aromatic nitrogens is 1. The SMILES string of the molecule is Cc1ncccc1CNCC(=O)N1CCCc2ccccc21. The van der Waals surface area contributed by atoms with Gasteiger partial charge in [0.2, 0.25) is 5.91 Å². The molecule has 0 radical (unpaired) electrons. The van der Waals surface area contributed by atoms with E-state index in [4.69, 9.17) is 0 Å². The first kappa shape index (κ1) is 14.7. The van der Waals surface area contributed by atoms with Crippen molar-refractivity contribution in [2.75, 3.05) is 18.0 Å². The lowest BCUT2D eigenvalue weighted by Gasteiger charge is -2.29. The van der Waals surface area contributed by atoms with Crippen LogP contribution in [0.15, 0.2) is 42.6 Å². The molecule has 4 heteroatoms. The summed E-state index contributed by atoms with van der Waals surface area (Å²) < 4.78 is 0. The molecule has 2 aromatic rings. The number of hydrogen-bond donors (Lipinski definition) is 1. The number of nitrogens with zero attached hydrogens (tertiary/aromatic N) is 2. The van der Waals surface area contributed by atoms with Crippen LogP contribution in [0.1, 0.15) is 23.2 Å². The molecule has 1 aliphatic rings. The molecule has 0 saturated heterocycles. The predicted octanol–water partition coefficient (Wildman–Crippen LogP) is 2.46. The largest absolute Gasteiger partial charge is 0.311 e. The number of nitrogens with one attached hydrogen (secondary N) is 1. The van der Waals surface area contributed by atoms with Crippen LogP contribution >= 0.6 is 0 Å². The summed E-state index contributed by atoms with van der Waals surface area (Å²) in [4.78, 5) is 18.6. The Kier molecular flexibility index (Phi) is 4.49. The van der Waals surface area contributed by atoms with Crippen molar-refractivity contribution in [3.63, 3.8) is 0 Å². The minimum atomic E-state index is 0.133. The van der Waals surface area contributed by atoms with Crippen molar-refractivity contribution in [1.29, 1.82) is 0 Å². The van der Waals surface area contributed by atoms with Crippen LogP contribution in [0.25, 0.3) is 0 Å². The molecular formula is C18H21N3O. The summed E-state index contributed by atoms with van der Waals surface area (Å²) in [6.45, 7) is 3.81. The van der Waals surface area contributed by atoms with Gasteiger partial charge in [0.15, 0.2) is 0 Å². The first-order valence-electron chi connectivity index (χ1n) is 7.75. The van der Waals surface area contributed by atoms with E-state index in [1.807, 2.05) is 42.2 Å². The van der Waals surface area contributed by atoms with E-state index in [1.54, 1.807) is 6.20 Å². The van der Waals surface area contributed by atoms with Crippen LogP contribution in [-0.4, -0.2) is 24.0 Å². The molecule has 0 atom stereocenters. The number of pyridine rings is 1. The van der Waals surface area contributed by atoms with Gasteiger partial charge >= 0.3 is 0 Å². The lowest BCUT2D eigenvalue weighted by molar-refractivity contribution is -0.117. The Morgan fingerprint density at radius 2 is 2.14 bits per heavy atom. The summed E-state index contributed by atoms with van der Waals surface area (Å²) in [5.74, 6) is 0.133. The number of fused-ring (bicyclic) bond motifs is 1. The van der Waals surface area contributed by atoms with Crippen molar-refractivity contribution in [3.05, 3.63) is 59.4 Å². The van der Waals surface area contributed by atoms with Crippen LogP contribution in [0, 0.1) is 6.92 Å². The van der Waals surface area contributed by atoms with E-state index in [-0.39, 0.29) is 5.91 Å². The van der Waals surface area contributed by atoms with Crippen molar-refractivity contribution < 1.29 is 4.79 Å². The molecule has 1 N–H and O–H groups in total. The first-order chi connectivity index (χ1) is 10.8. The van der Waals surface area contributed by atoms with Crippen LogP contribution in [0.3, 0.4) is 0 Å². The maximum absolute atomic E-state index is 12.5. The summed E-state index contributed by atoms with van der Waals surface area (Å²) in [6.07, 6.45) is 3.88. The summed E-state index contributed by atoms with van der Waals surface area (Å²) in [6, 6.07) is 12.1. The number of para-hydroxylation sites is 1. The fraction of sp³-hybridized carbons (Fsp3) is 0.333. The summed E-state index contributed by atoms with van der Waals surface area (Å²) in [5.41, 5.74) is 4.48. The molecule has 0 bridgehead atoms. The van der Waals surface area contributed by atoms with E-state index in [0.717, 1.165) is 36.3 Å². The minimum Gasteiger partial charge on any atom is -0.311 e. The highest BCUT2D eigenvalue weighted by molar-refractivity contribution is 5.95. The molecule has 0 saturated carbocycles. The molecule has 1 amide bonds. The van der Waals surface area contributed by atoms with Crippen LogP contribution in [0.5, 0.6) is 0 Å². The van der Waals surface area contributed by atoms with Gasteiger partial charge in [0.25, 0.3) is 0 Å².